The number of likely N-dealkylation sites (tertiary alicyclic amines) is 1. The Morgan fingerprint density at radius 1 is 1.27 bits per heavy atom. The highest BCUT2D eigenvalue weighted by Crippen LogP contribution is 2.28. The summed E-state index contributed by atoms with van der Waals surface area (Å²) in [6, 6.07) is 9.80. The van der Waals surface area contributed by atoms with Crippen LogP contribution in [0.25, 0.3) is 5.69 Å². The van der Waals surface area contributed by atoms with E-state index in [9.17, 15) is 9.59 Å². The molecule has 156 valence electrons. The predicted molar refractivity (Wildman–Crippen MR) is 113 cm³/mol. The first-order valence-electron chi connectivity index (χ1n) is 10.3. The van der Waals surface area contributed by atoms with Crippen molar-refractivity contribution in [2.24, 2.45) is 5.73 Å². The summed E-state index contributed by atoms with van der Waals surface area (Å²) in [5, 5.41) is 11.4. The lowest BCUT2D eigenvalue weighted by atomic mass is 9.94. The number of primary amides is 1. The Morgan fingerprint density at radius 3 is 2.70 bits per heavy atom. The van der Waals surface area contributed by atoms with Gasteiger partial charge in [0.2, 0.25) is 0 Å². The number of H-pyrrole nitrogens is 1. The minimum Gasteiger partial charge on any atom is -0.364 e. The SMILES string of the molecule is CCc1c(C(=O)N2CCC[C@@H](c3cc(C(N)=O)n[nH]3)C2)cnn1-c1ccc(C)cc1. The second kappa shape index (κ2) is 8.14. The topological polar surface area (TPSA) is 110 Å². The zero-order valence-electron chi connectivity index (χ0n) is 17.3. The summed E-state index contributed by atoms with van der Waals surface area (Å²) in [6.07, 6.45) is 4.18. The van der Waals surface area contributed by atoms with Gasteiger partial charge in [-0.15, -0.1) is 0 Å². The summed E-state index contributed by atoms with van der Waals surface area (Å²) in [5.74, 6) is -0.470. The zero-order chi connectivity index (χ0) is 21.3. The molecule has 8 nitrogen and oxygen atoms in total. The van der Waals surface area contributed by atoms with Crippen LogP contribution in [-0.4, -0.2) is 49.8 Å². The van der Waals surface area contributed by atoms with Gasteiger partial charge >= 0.3 is 0 Å². The molecule has 1 aliphatic heterocycles. The third-order valence-electron chi connectivity index (χ3n) is 5.71. The van der Waals surface area contributed by atoms with Crippen molar-refractivity contribution in [3.8, 4) is 5.69 Å². The average molecular weight is 406 g/mol. The van der Waals surface area contributed by atoms with Gasteiger partial charge in [0.1, 0.15) is 5.69 Å². The molecule has 30 heavy (non-hydrogen) atoms. The molecule has 8 heteroatoms. The fourth-order valence-electron chi connectivity index (χ4n) is 4.06. The molecule has 1 saturated heterocycles. The van der Waals surface area contributed by atoms with Crippen LogP contribution >= 0.6 is 0 Å². The summed E-state index contributed by atoms with van der Waals surface area (Å²) in [5.41, 5.74) is 10.0. The second-order valence-electron chi connectivity index (χ2n) is 7.77. The molecule has 1 aliphatic rings. The summed E-state index contributed by atoms with van der Waals surface area (Å²) < 4.78 is 1.85. The van der Waals surface area contributed by atoms with Crippen LogP contribution in [0, 0.1) is 6.92 Å². The van der Waals surface area contributed by atoms with Crippen LogP contribution in [0.3, 0.4) is 0 Å². The highest BCUT2D eigenvalue weighted by Gasteiger charge is 2.29. The lowest BCUT2D eigenvalue weighted by Crippen LogP contribution is -2.39. The number of piperidine rings is 1. The number of hydrogen-bond acceptors (Lipinski definition) is 4. The standard InChI is InChI=1S/C22H26N6O2/c1-3-20-17(12-24-28(20)16-8-6-14(2)7-9-16)22(30)27-10-4-5-15(13-27)18-11-19(21(23)29)26-25-18/h6-9,11-12,15H,3-5,10,13H2,1-2H3,(H2,23,29)(H,25,26)/t15-/m1/s1. The van der Waals surface area contributed by atoms with E-state index in [2.05, 4.69) is 15.3 Å². The van der Waals surface area contributed by atoms with Crippen LogP contribution in [0.4, 0.5) is 0 Å². The van der Waals surface area contributed by atoms with Crippen molar-refractivity contribution in [1.29, 1.82) is 0 Å². The lowest BCUT2D eigenvalue weighted by molar-refractivity contribution is 0.0704. The van der Waals surface area contributed by atoms with Crippen LogP contribution in [0.1, 0.15) is 63.5 Å². The summed E-state index contributed by atoms with van der Waals surface area (Å²) in [4.78, 5) is 26.5. The van der Waals surface area contributed by atoms with Gasteiger partial charge in [0, 0.05) is 24.7 Å². The van der Waals surface area contributed by atoms with Crippen molar-refractivity contribution in [3.05, 3.63) is 64.7 Å². The van der Waals surface area contributed by atoms with Crippen molar-refractivity contribution >= 4 is 11.8 Å². The number of nitrogens with zero attached hydrogens (tertiary/aromatic N) is 4. The van der Waals surface area contributed by atoms with Gasteiger partial charge in [-0.05, 0) is 44.4 Å². The molecule has 3 aromatic rings. The van der Waals surface area contributed by atoms with Crippen LogP contribution in [0.2, 0.25) is 0 Å². The van der Waals surface area contributed by atoms with Crippen molar-refractivity contribution in [3.63, 3.8) is 0 Å². The number of carbonyl (C=O) groups is 2. The molecule has 1 aromatic carbocycles. The Morgan fingerprint density at radius 2 is 2.03 bits per heavy atom. The first-order chi connectivity index (χ1) is 14.5. The third kappa shape index (κ3) is 3.72. The Kier molecular flexibility index (Phi) is 5.39. The maximum atomic E-state index is 13.3. The fraction of sp³-hybridized carbons (Fsp3) is 0.364. The number of aromatic nitrogens is 4. The van der Waals surface area contributed by atoms with E-state index in [0.717, 1.165) is 29.9 Å². The summed E-state index contributed by atoms with van der Waals surface area (Å²) in [6.45, 7) is 5.35. The molecule has 0 saturated carbocycles. The maximum absolute atomic E-state index is 13.3. The Balaban J connectivity index is 1.56. The van der Waals surface area contributed by atoms with Crippen molar-refractivity contribution in [1.82, 2.24) is 24.9 Å². The number of nitrogens with two attached hydrogens (primary N) is 1. The van der Waals surface area contributed by atoms with Gasteiger partial charge in [-0.3, -0.25) is 14.7 Å². The minimum absolute atomic E-state index is 0.00967. The normalized spacial score (nSPS) is 16.6. The molecule has 0 unspecified atom stereocenters. The van der Waals surface area contributed by atoms with Gasteiger partial charge in [0.25, 0.3) is 11.8 Å². The number of aryl methyl sites for hydroxylation is 1. The van der Waals surface area contributed by atoms with E-state index in [0.29, 0.717) is 25.1 Å². The number of aromatic amines is 1. The van der Waals surface area contributed by atoms with E-state index in [1.165, 1.54) is 5.56 Å². The van der Waals surface area contributed by atoms with Crippen LogP contribution in [0.5, 0.6) is 0 Å². The highest BCUT2D eigenvalue weighted by molar-refractivity contribution is 5.95. The zero-order valence-corrected chi connectivity index (χ0v) is 17.3. The number of benzene rings is 1. The number of amides is 2. The third-order valence-corrected chi connectivity index (χ3v) is 5.71. The van der Waals surface area contributed by atoms with Crippen LogP contribution < -0.4 is 5.73 Å². The van der Waals surface area contributed by atoms with E-state index in [1.54, 1.807) is 12.3 Å². The van der Waals surface area contributed by atoms with Gasteiger partial charge in [-0.2, -0.15) is 10.2 Å². The molecule has 0 bridgehead atoms. The number of rotatable bonds is 5. The minimum atomic E-state index is -0.558. The van der Waals surface area contributed by atoms with Crippen LogP contribution in [-0.2, 0) is 6.42 Å². The number of carbonyl (C=O) groups excluding carboxylic acids is 2. The maximum Gasteiger partial charge on any atom is 0.269 e. The Hall–Kier alpha value is -3.42. The molecule has 3 heterocycles. The van der Waals surface area contributed by atoms with Crippen LogP contribution in [0.15, 0.2) is 36.5 Å². The van der Waals surface area contributed by atoms with E-state index in [-0.39, 0.29) is 17.5 Å². The van der Waals surface area contributed by atoms with Gasteiger partial charge in [0.15, 0.2) is 0 Å². The van der Waals surface area contributed by atoms with Gasteiger partial charge in [-0.1, -0.05) is 24.6 Å². The monoisotopic (exact) mass is 406 g/mol. The lowest BCUT2D eigenvalue weighted by Gasteiger charge is -2.32. The highest BCUT2D eigenvalue weighted by atomic mass is 16.2. The van der Waals surface area contributed by atoms with Crippen molar-refractivity contribution in [2.75, 3.05) is 13.1 Å². The molecule has 4 rings (SSSR count). The molecule has 0 radical (unpaired) electrons. The van der Waals surface area contributed by atoms with Gasteiger partial charge in [0.05, 0.1) is 23.1 Å². The quantitative estimate of drug-likeness (QED) is 0.678. The summed E-state index contributed by atoms with van der Waals surface area (Å²) >= 11 is 0. The fourth-order valence-corrected chi connectivity index (χ4v) is 4.06. The molecular weight excluding hydrogens is 380 g/mol. The average Bonchev–Trinajstić information content (AvgIpc) is 3.41. The predicted octanol–water partition coefficient (Wildman–Crippen LogP) is 2.58. The number of nitrogens with one attached hydrogen (secondary N) is 1. The largest absolute Gasteiger partial charge is 0.364 e. The van der Waals surface area contributed by atoms with E-state index < -0.39 is 5.91 Å². The smallest absolute Gasteiger partial charge is 0.269 e. The van der Waals surface area contributed by atoms with E-state index >= 15 is 0 Å². The molecule has 2 amide bonds. The first-order valence-corrected chi connectivity index (χ1v) is 10.3. The molecule has 1 atom stereocenters. The van der Waals surface area contributed by atoms with Crippen molar-refractivity contribution in [2.45, 2.75) is 39.0 Å². The number of hydrogen-bond donors (Lipinski definition) is 2. The first kappa shape index (κ1) is 19.9. The van der Waals surface area contributed by atoms with Gasteiger partial charge < -0.3 is 10.6 Å². The van der Waals surface area contributed by atoms with Gasteiger partial charge in [-0.25, -0.2) is 4.68 Å². The Labute approximate surface area is 175 Å². The second-order valence-corrected chi connectivity index (χ2v) is 7.77. The summed E-state index contributed by atoms with van der Waals surface area (Å²) in [7, 11) is 0. The van der Waals surface area contributed by atoms with E-state index in [4.69, 9.17) is 5.73 Å². The molecular formula is C22H26N6O2. The molecule has 3 N–H and O–H groups in total. The molecule has 0 spiro atoms. The molecule has 1 fully saturated rings. The molecule has 0 aliphatic carbocycles. The van der Waals surface area contributed by atoms with E-state index in [1.807, 2.05) is 47.7 Å². The van der Waals surface area contributed by atoms with Crippen molar-refractivity contribution < 1.29 is 9.59 Å². The Bertz CT molecular complexity index is 1070. The molecule has 2 aromatic heterocycles.